The molecule has 2 aliphatic rings. The van der Waals surface area contributed by atoms with E-state index in [9.17, 15) is 0 Å². The van der Waals surface area contributed by atoms with Gasteiger partial charge in [0.05, 0.1) is 16.4 Å². The lowest BCUT2D eigenvalue weighted by Gasteiger charge is -2.22. The molecule has 4 rings (SSSR count). The van der Waals surface area contributed by atoms with Crippen LogP contribution in [0.4, 0.5) is 0 Å². The van der Waals surface area contributed by atoms with Gasteiger partial charge in [0.2, 0.25) is 0 Å². The lowest BCUT2D eigenvalue weighted by atomic mass is 10.1. The number of rotatable bonds is 4. The van der Waals surface area contributed by atoms with Gasteiger partial charge in [-0.05, 0) is 62.6 Å². The second-order valence-electron chi connectivity index (χ2n) is 6.25. The average Bonchev–Trinajstić information content (AvgIpc) is 3.29. The van der Waals surface area contributed by atoms with Gasteiger partial charge in [0.25, 0.3) is 0 Å². The first-order valence-corrected chi connectivity index (χ1v) is 8.69. The van der Waals surface area contributed by atoms with Crippen LogP contribution in [0.2, 0.25) is 0 Å². The topological polar surface area (TPSA) is 17.8 Å². The predicted octanol–water partition coefficient (Wildman–Crippen LogP) is 5.46. The molecule has 2 saturated carbocycles. The van der Waals surface area contributed by atoms with Gasteiger partial charge in [-0.25, -0.2) is 4.98 Å². The van der Waals surface area contributed by atoms with Crippen LogP contribution in [0.5, 0.6) is 0 Å². The fourth-order valence-electron chi connectivity index (χ4n) is 3.36. The Kier molecular flexibility index (Phi) is 3.11. The second-order valence-corrected chi connectivity index (χ2v) is 7.82. The van der Waals surface area contributed by atoms with Crippen LogP contribution in [0.25, 0.3) is 11.0 Å². The number of imidazole rings is 1. The normalized spacial score (nSPS) is 20.8. The number of aromatic nitrogens is 2. The number of alkyl halides is 1. The maximum Gasteiger partial charge on any atom is 0.127 e. The molecule has 1 heterocycles. The zero-order valence-corrected chi connectivity index (χ0v) is 13.9. The summed E-state index contributed by atoms with van der Waals surface area (Å²) in [6.07, 6.45) is 5.46. The minimum atomic E-state index is -0.0406. The quantitative estimate of drug-likeness (QED) is 0.667. The first kappa shape index (κ1) is 13.1. The summed E-state index contributed by atoms with van der Waals surface area (Å²) in [6.45, 7) is 2.03. The SMILES string of the molecule is CC(Cl)c1nc2ccc(Br)cc2n1C(C1CC1)C1CC1. The fourth-order valence-corrected chi connectivity index (χ4v) is 3.86. The summed E-state index contributed by atoms with van der Waals surface area (Å²) in [5.74, 6) is 2.73. The van der Waals surface area contributed by atoms with Crippen molar-refractivity contribution in [2.75, 3.05) is 0 Å². The Morgan fingerprint density at radius 1 is 1.25 bits per heavy atom. The zero-order chi connectivity index (χ0) is 13.9. The molecule has 0 N–H and O–H groups in total. The van der Waals surface area contributed by atoms with E-state index in [1.807, 2.05) is 6.92 Å². The molecular weight excluding hydrogens is 336 g/mol. The highest BCUT2D eigenvalue weighted by Gasteiger charge is 2.44. The Balaban J connectivity index is 1.93. The summed E-state index contributed by atoms with van der Waals surface area (Å²) in [5.41, 5.74) is 2.31. The van der Waals surface area contributed by atoms with Crippen molar-refractivity contribution in [1.29, 1.82) is 0 Å². The van der Waals surface area contributed by atoms with Gasteiger partial charge in [-0.3, -0.25) is 0 Å². The molecular formula is C16H18BrClN2. The molecule has 0 saturated heterocycles. The Labute approximate surface area is 132 Å². The van der Waals surface area contributed by atoms with Crippen LogP contribution in [-0.2, 0) is 0 Å². The van der Waals surface area contributed by atoms with Crippen LogP contribution >= 0.6 is 27.5 Å². The summed E-state index contributed by atoms with van der Waals surface area (Å²) in [4.78, 5) is 4.80. The lowest BCUT2D eigenvalue weighted by Crippen LogP contribution is -2.16. The molecule has 0 aliphatic heterocycles. The largest absolute Gasteiger partial charge is 0.323 e. The minimum absolute atomic E-state index is 0.0406. The third kappa shape index (κ3) is 2.19. The van der Waals surface area contributed by atoms with Crippen molar-refractivity contribution in [1.82, 2.24) is 9.55 Å². The molecule has 0 radical (unpaired) electrons. The van der Waals surface area contributed by atoms with Gasteiger partial charge in [0, 0.05) is 10.5 Å². The number of hydrogen-bond acceptors (Lipinski definition) is 1. The Morgan fingerprint density at radius 3 is 2.45 bits per heavy atom. The Hall–Kier alpha value is -0.540. The first-order chi connectivity index (χ1) is 9.65. The van der Waals surface area contributed by atoms with Gasteiger partial charge in [-0.2, -0.15) is 0 Å². The van der Waals surface area contributed by atoms with Crippen molar-refractivity contribution >= 4 is 38.6 Å². The summed E-state index contributed by atoms with van der Waals surface area (Å²) < 4.78 is 3.58. The molecule has 106 valence electrons. The highest BCUT2D eigenvalue weighted by molar-refractivity contribution is 9.10. The molecule has 2 aliphatic carbocycles. The van der Waals surface area contributed by atoms with Gasteiger partial charge in [0.15, 0.2) is 0 Å². The van der Waals surface area contributed by atoms with Gasteiger partial charge in [0.1, 0.15) is 5.82 Å². The number of nitrogens with zero attached hydrogens (tertiary/aromatic N) is 2. The summed E-state index contributed by atoms with van der Waals surface area (Å²) in [7, 11) is 0. The zero-order valence-electron chi connectivity index (χ0n) is 11.5. The number of hydrogen-bond donors (Lipinski definition) is 0. The van der Waals surface area contributed by atoms with Gasteiger partial charge < -0.3 is 4.57 Å². The van der Waals surface area contributed by atoms with E-state index < -0.39 is 0 Å². The summed E-state index contributed by atoms with van der Waals surface area (Å²) in [5, 5.41) is -0.0406. The molecule has 1 aromatic heterocycles. The second kappa shape index (κ2) is 4.74. The molecule has 1 aromatic carbocycles. The third-order valence-electron chi connectivity index (χ3n) is 4.54. The van der Waals surface area contributed by atoms with Crippen LogP contribution in [-0.4, -0.2) is 9.55 Å². The van der Waals surface area contributed by atoms with Gasteiger partial charge in [-0.15, -0.1) is 11.6 Å². The molecule has 2 nitrogen and oxygen atoms in total. The van der Waals surface area contributed by atoms with Crippen molar-refractivity contribution < 1.29 is 0 Å². The van der Waals surface area contributed by atoms with Crippen molar-refractivity contribution in [3.05, 3.63) is 28.5 Å². The van der Waals surface area contributed by atoms with E-state index in [-0.39, 0.29) is 5.38 Å². The maximum atomic E-state index is 6.42. The van der Waals surface area contributed by atoms with E-state index in [0.717, 1.165) is 27.6 Å². The van der Waals surface area contributed by atoms with Crippen molar-refractivity contribution in [2.24, 2.45) is 11.8 Å². The molecule has 0 amide bonds. The van der Waals surface area contributed by atoms with E-state index in [4.69, 9.17) is 16.6 Å². The smallest absolute Gasteiger partial charge is 0.127 e. The highest BCUT2D eigenvalue weighted by Crippen LogP contribution is 2.53. The van der Waals surface area contributed by atoms with Crippen LogP contribution in [0.3, 0.4) is 0 Å². The van der Waals surface area contributed by atoms with Crippen molar-refractivity contribution in [3.63, 3.8) is 0 Å². The molecule has 2 fully saturated rings. The summed E-state index contributed by atoms with van der Waals surface area (Å²) >= 11 is 10.0. The molecule has 4 heteroatoms. The maximum absolute atomic E-state index is 6.42. The van der Waals surface area contributed by atoms with Gasteiger partial charge in [-0.1, -0.05) is 15.9 Å². The molecule has 0 bridgehead atoms. The number of halogens is 2. The molecule has 0 spiro atoms. The lowest BCUT2D eigenvalue weighted by molar-refractivity contribution is 0.392. The van der Waals surface area contributed by atoms with Gasteiger partial charge >= 0.3 is 0 Å². The Bertz CT molecular complexity index is 644. The Morgan fingerprint density at radius 2 is 1.90 bits per heavy atom. The fraction of sp³-hybridized carbons (Fsp3) is 0.562. The van der Waals surface area contributed by atoms with Crippen LogP contribution in [0, 0.1) is 11.8 Å². The summed E-state index contributed by atoms with van der Waals surface area (Å²) in [6, 6.07) is 6.97. The predicted molar refractivity (Wildman–Crippen MR) is 86.2 cm³/mol. The van der Waals surface area contributed by atoms with E-state index in [1.54, 1.807) is 0 Å². The van der Waals surface area contributed by atoms with E-state index in [2.05, 4.69) is 38.7 Å². The van der Waals surface area contributed by atoms with E-state index in [0.29, 0.717) is 6.04 Å². The van der Waals surface area contributed by atoms with E-state index in [1.165, 1.54) is 31.2 Å². The molecule has 1 unspecified atom stereocenters. The molecule has 2 aromatic rings. The van der Waals surface area contributed by atoms with Crippen molar-refractivity contribution in [3.8, 4) is 0 Å². The van der Waals surface area contributed by atoms with Crippen LogP contribution < -0.4 is 0 Å². The number of fused-ring (bicyclic) bond motifs is 1. The minimum Gasteiger partial charge on any atom is -0.323 e. The van der Waals surface area contributed by atoms with E-state index >= 15 is 0 Å². The highest BCUT2D eigenvalue weighted by atomic mass is 79.9. The molecule has 1 atom stereocenters. The van der Waals surface area contributed by atoms with Crippen LogP contribution in [0.1, 0.15) is 49.9 Å². The molecule has 20 heavy (non-hydrogen) atoms. The monoisotopic (exact) mass is 352 g/mol. The number of benzene rings is 1. The van der Waals surface area contributed by atoms with Crippen LogP contribution in [0.15, 0.2) is 22.7 Å². The standard InChI is InChI=1S/C16H18BrClN2/c1-9(18)16-19-13-7-6-12(17)8-14(13)20(16)15(10-2-3-10)11-4-5-11/h6-11,15H,2-5H2,1H3. The first-order valence-electron chi connectivity index (χ1n) is 7.46. The van der Waals surface area contributed by atoms with Crippen molar-refractivity contribution in [2.45, 2.75) is 44.0 Å². The third-order valence-corrected chi connectivity index (χ3v) is 5.23. The average molecular weight is 354 g/mol.